The smallest absolute Gasteiger partial charge is 0.0339 e. The lowest BCUT2D eigenvalue weighted by Gasteiger charge is -2.15. The maximum absolute atomic E-state index is 6.14. The minimum absolute atomic E-state index is 0.416. The molecule has 0 saturated heterocycles. The quantitative estimate of drug-likeness (QED) is 0.808. The lowest BCUT2D eigenvalue weighted by Crippen LogP contribution is -2.22. The van der Waals surface area contributed by atoms with Crippen molar-refractivity contribution in [3.8, 4) is 0 Å². The zero-order valence-electron chi connectivity index (χ0n) is 11.7. The molecular weight excluding hydrogens is 242 g/mol. The fourth-order valence-electron chi connectivity index (χ4n) is 3.09. The predicted molar refractivity (Wildman–Crippen MR) is 79.3 cm³/mol. The number of aryl methyl sites for hydroxylation is 3. The van der Waals surface area contributed by atoms with Gasteiger partial charge in [-0.15, -0.1) is 11.6 Å². The Kier molecular flexibility index (Phi) is 4.69. The van der Waals surface area contributed by atoms with Gasteiger partial charge in [0.25, 0.3) is 0 Å². The number of nitrogens with one attached hydrogen (secondary N) is 1. The lowest BCUT2D eigenvalue weighted by atomic mass is 9.99. The third-order valence-electron chi connectivity index (χ3n) is 4.05. The molecule has 18 heavy (non-hydrogen) atoms. The summed E-state index contributed by atoms with van der Waals surface area (Å²) >= 11 is 6.14. The molecule has 1 aromatic carbocycles. The summed E-state index contributed by atoms with van der Waals surface area (Å²) in [5, 5.41) is 4.02. The number of halogens is 1. The second-order valence-electron chi connectivity index (χ2n) is 5.78. The monoisotopic (exact) mass is 265 g/mol. The van der Waals surface area contributed by atoms with Gasteiger partial charge in [-0.1, -0.05) is 17.7 Å². The van der Waals surface area contributed by atoms with Gasteiger partial charge in [-0.2, -0.15) is 0 Å². The van der Waals surface area contributed by atoms with E-state index in [-0.39, 0.29) is 0 Å². The van der Waals surface area contributed by atoms with Gasteiger partial charge < -0.3 is 5.32 Å². The number of hydrogen-bond acceptors (Lipinski definition) is 1. The highest BCUT2D eigenvalue weighted by atomic mass is 35.5. The third-order valence-corrected chi connectivity index (χ3v) is 4.45. The van der Waals surface area contributed by atoms with Gasteiger partial charge in [0.15, 0.2) is 0 Å². The summed E-state index contributed by atoms with van der Waals surface area (Å²) in [7, 11) is 0. The Morgan fingerprint density at radius 1 is 1.17 bits per heavy atom. The Morgan fingerprint density at radius 3 is 2.39 bits per heavy atom. The van der Waals surface area contributed by atoms with Crippen molar-refractivity contribution in [2.75, 3.05) is 6.54 Å². The molecule has 2 heteroatoms. The highest BCUT2D eigenvalue weighted by Gasteiger charge is 2.22. The zero-order chi connectivity index (χ0) is 13.1. The largest absolute Gasteiger partial charge is 0.312 e. The number of alkyl halides is 1. The molecule has 0 heterocycles. The summed E-state index contributed by atoms with van der Waals surface area (Å²) < 4.78 is 0. The third kappa shape index (κ3) is 3.49. The van der Waals surface area contributed by atoms with Gasteiger partial charge in [-0.25, -0.2) is 0 Å². The van der Waals surface area contributed by atoms with Gasteiger partial charge in [-0.05, 0) is 69.2 Å². The Hall–Kier alpha value is -0.530. The molecule has 1 saturated carbocycles. The van der Waals surface area contributed by atoms with Crippen LogP contribution >= 0.6 is 11.6 Å². The van der Waals surface area contributed by atoms with Crippen molar-refractivity contribution in [3.63, 3.8) is 0 Å². The normalized spacial score (nSPS) is 23.6. The highest BCUT2D eigenvalue weighted by Crippen LogP contribution is 2.28. The van der Waals surface area contributed by atoms with Gasteiger partial charge in [-0.3, -0.25) is 0 Å². The topological polar surface area (TPSA) is 12.0 Å². The zero-order valence-corrected chi connectivity index (χ0v) is 12.5. The van der Waals surface area contributed by atoms with Crippen LogP contribution in [0.25, 0.3) is 0 Å². The molecule has 1 nitrogen and oxygen atoms in total. The molecule has 0 radical (unpaired) electrons. The van der Waals surface area contributed by atoms with E-state index in [0.717, 1.165) is 19.0 Å². The van der Waals surface area contributed by atoms with Crippen molar-refractivity contribution >= 4 is 11.6 Å². The fourth-order valence-corrected chi connectivity index (χ4v) is 3.47. The second-order valence-corrected chi connectivity index (χ2v) is 6.40. The summed E-state index contributed by atoms with van der Waals surface area (Å²) in [6.07, 6.45) is 3.66. The van der Waals surface area contributed by atoms with Crippen molar-refractivity contribution in [1.29, 1.82) is 0 Å². The van der Waals surface area contributed by atoms with Gasteiger partial charge >= 0.3 is 0 Å². The minimum atomic E-state index is 0.416. The van der Waals surface area contributed by atoms with E-state index < -0.39 is 0 Å². The van der Waals surface area contributed by atoms with Crippen molar-refractivity contribution in [2.24, 2.45) is 5.92 Å². The Labute approximate surface area is 116 Å². The molecule has 0 spiro atoms. The van der Waals surface area contributed by atoms with E-state index in [1.54, 1.807) is 0 Å². The molecule has 2 atom stereocenters. The van der Waals surface area contributed by atoms with Crippen LogP contribution in [-0.2, 0) is 6.54 Å². The Balaban J connectivity index is 1.87. The molecule has 0 bridgehead atoms. The first-order chi connectivity index (χ1) is 8.56. The maximum atomic E-state index is 6.14. The van der Waals surface area contributed by atoms with E-state index in [2.05, 4.69) is 38.2 Å². The molecule has 0 amide bonds. The summed E-state index contributed by atoms with van der Waals surface area (Å²) in [6.45, 7) is 8.68. The molecule has 0 aromatic heterocycles. The molecular formula is C16H24ClN. The van der Waals surface area contributed by atoms with Crippen LogP contribution in [0.1, 0.15) is 41.5 Å². The molecule has 1 aromatic rings. The van der Waals surface area contributed by atoms with E-state index in [1.807, 2.05) is 0 Å². The van der Waals surface area contributed by atoms with Gasteiger partial charge in [0.2, 0.25) is 0 Å². The van der Waals surface area contributed by atoms with Crippen molar-refractivity contribution in [3.05, 3.63) is 34.4 Å². The average molecular weight is 266 g/mol. The molecule has 1 aliphatic carbocycles. The first kappa shape index (κ1) is 13.9. The van der Waals surface area contributed by atoms with Gasteiger partial charge in [0, 0.05) is 11.9 Å². The fraction of sp³-hybridized carbons (Fsp3) is 0.625. The van der Waals surface area contributed by atoms with Crippen molar-refractivity contribution < 1.29 is 0 Å². The molecule has 0 aliphatic heterocycles. The standard InChI is InChI=1S/C16H24ClN/c1-11-6-12(2)16(13(3)7-11)10-18-9-14-4-5-15(17)8-14/h6-7,14-15,18H,4-5,8-10H2,1-3H3. The molecule has 2 rings (SSSR count). The number of hydrogen-bond donors (Lipinski definition) is 1. The summed E-state index contributed by atoms with van der Waals surface area (Å²) in [5.74, 6) is 0.776. The van der Waals surface area contributed by atoms with Crippen molar-refractivity contribution in [2.45, 2.75) is 52.0 Å². The molecule has 1 fully saturated rings. The van der Waals surface area contributed by atoms with E-state index in [4.69, 9.17) is 11.6 Å². The Morgan fingerprint density at radius 2 is 1.83 bits per heavy atom. The first-order valence-corrected chi connectivity index (χ1v) is 7.41. The Bertz CT molecular complexity index is 391. The number of benzene rings is 1. The van der Waals surface area contributed by atoms with E-state index >= 15 is 0 Å². The second kappa shape index (κ2) is 6.08. The van der Waals surface area contributed by atoms with Gasteiger partial charge in [0.05, 0.1) is 0 Å². The average Bonchev–Trinajstić information content (AvgIpc) is 2.68. The van der Waals surface area contributed by atoms with Crippen LogP contribution in [0.2, 0.25) is 0 Å². The first-order valence-electron chi connectivity index (χ1n) is 6.97. The van der Waals surface area contributed by atoms with Crippen LogP contribution in [0.4, 0.5) is 0 Å². The SMILES string of the molecule is Cc1cc(C)c(CNCC2CCC(Cl)C2)c(C)c1. The summed E-state index contributed by atoms with van der Waals surface area (Å²) in [6, 6.07) is 4.54. The summed E-state index contributed by atoms with van der Waals surface area (Å²) in [4.78, 5) is 0. The minimum Gasteiger partial charge on any atom is -0.312 e. The van der Waals surface area contributed by atoms with Crippen LogP contribution in [-0.4, -0.2) is 11.9 Å². The predicted octanol–water partition coefficient (Wildman–Crippen LogP) is 4.11. The summed E-state index contributed by atoms with van der Waals surface area (Å²) in [5.41, 5.74) is 5.62. The molecule has 2 unspecified atom stereocenters. The highest BCUT2D eigenvalue weighted by molar-refractivity contribution is 6.20. The van der Waals surface area contributed by atoms with E-state index in [1.165, 1.54) is 41.5 Å². The molecule has 100 valence electrons. The number of rotatable bonds is 4. The lowest BCUT2D eigenvalue weighted by molar-refractivity contribution is 0.489. The van der Waals surface area contributed by atoms with E-state index in [9.17, 15) is 0 Å². The van der Waals surface area contributed by atoms with Crippen molar-refractivity contribution in [1.82, 2.24) is 5.32 Å². The van der Waals surface area contributed by atoms with E-state index in [0.29, 0.717) is 5.38 Å². The van der Waals surface area contributed by atoms with Crippen LogP contribution in [0.15, 0.2) is 12.1 Å². The van der Waals surface area contributed by atoms with Crippen LogP contribution in [0.3, 0.4) is 0 Å². The molecule has 1 N–H and O–H groups in total. The van der Waals surface area contributed by atoms with Crippen LogP contribution in [0.5, 0.6) is 0 Å². The van der Waals surface area contributed by atoms with Crippen LogP contribution < -0.4 is 5.32 Å². The maximum Gasteiger partial charge on any atom is 0.0339 e. The van der Waals surface area contributed by atoms with Crippen LogP contribution in [0, 0.1) is 26.7 Å². The molecule has 1 aliphatic rings. The van der Waals surface area contributed by atoms with Gasteiger partial charge in [0.1, 0.15) is 0 Å².